The molecule has 0 aliphatic heterocycles. The fourth-order valence-electron chi connectivity index (χ4n) is 1.97. The van der Waals surface area contributed by atoms with Gasteiger partial charge in [0.25, 0.3) is 11.6 Å². The van der Waals surface area contributed by atoms with Crippen molar-refractivity contribution in [3.05, 3.63) is 39.7 Å². The Morgan fingerprint density at radius 2 is 2.25 bits per heavy atom. The van der Waals surface area contributed by atoms with E-state index in [9.17, 15) is 19.3 Å². The zero-order chi connectivity index (χ0) is 14.7. The van der Waals surface area contributed by atoms with Gasteiger partial charge < -0.3 is 9.64 Å². The number of carbonyl (C=O) groups is 1. The van der Waals surface area contributed by atoms with Gasteiger partial charge in [-0.3, -0.25) is 14.9 Å². The minimum absolute atomic E-state index is 0.0799. The summed E-state index contributed by atoms with van der Waals surface area (Å²) in [5.41, 5.74) is -0.556. The number of amides is 1. The molecule has 1 aliphatic carbocycles. The topological polar surface area (TPSA) is 72.7 Å². The number of hydrogen-bond donors (Lipinski definition) is 0. The van der Waals surface area contributed by atoms with Crippen LogP contribution in [0.1, 0.15) is 23.2 Å². The van der Waals surface area contributed by atoms with E-state index in [2.05, 4.69) is 0 Å². The van der Waals surface area contributed by atoms with Gasteiger partial charge in [0.05, 0.1) is 17.1 Å². The van der Waals surface area contributed by atoms with Crippen LogP contribution in [0.5, 0.6) is 0 Å². The molecule has 0 heterocycles. The number of nitrogens with zero attached hydrogens (tertiary/aromatic N) is 2. The van der Waals surface area contributed by atoms with Crippen molar-refractivity contribution in [3.63, 3.8) is 0 Å². The molecule has 6 nitrogen and oxygen atoms in total. The van der Waals surface area contributed by atoms with E-state index in [4.69, 9.17) is 4.74 Å². The Morgan fingerprint density at radius 1 is 1.55 bits per heavy atom. The first-order chi connectivity index (χ1) is 9.54. The van der Waals surface area contributed by atoms with Gasteiger partial charge in [0.1, 0.15) is 5.82 Å². The maximum atomic E-state index is 13.7. The van der Waals surface area contributed by atoms with Crippen LogP contribution >= 0.6 is 0 Å². The Hall–Kier alpha value is -2.02. The minimum Gasteiger partial charge on any atom is -0.383 e. The van der Waals surface area contributed by atoms with Crippen LogP contribution in [0.3, 0.4) is 0 Å². The molecule has 20 heavy (non-hydrogen) atoms. The monoisotopic (exact) mass is 282 g/mol. The van der Waals surface area contributed by atoms with Crippen molar-refractivity contribution in [3.8, 4) is 0 Å². The molecule has 7 heteroatoms. The minimum atomic E-state index is -0.747. The van der Waals surface area contributed by atoms with Gasteiger partial charge in [-0.2, -0.15) is 0 Å². The molecule has 0 bridgehead atoms. The molecule has 108 valence electrons. The Balaban J connectivity index is 2.25. The van der Waals surface area contributed by atoms with Crippen molar-refractivity contribution in [1.29, 1.82) is 0 Å². The molecule has 0 aromatic heterocycles. The summed E-state index contributed by atoms with van der Waals surface area (Å²) >= 11 is 0. The molecule has 2 rings (SSSR count). The quantitative estimate of drug-likeness (QED) is 0.590. The average Bonchev–Trinajstić information content (AvgIpc) is 3.23. The number of non-ortho nitro benzene ring substituents is 1. The molecule has 0 radical (unpaired) electrons. The van der Waals surface area contributed by atoms with E-state index in [-0.39, 0.29) is 17.3 Å². The van der Waals surface area contributed by atoms with Gasteiger partial charge in [0.2, 0.25) is 0 Å². The highest BCUT2D eigenvalue weighted by molar-refractivity contribution is 5.95. The first kappa shape index (κ1) is 14.4. The number of benzene rings is 1. The van der Waals surface area contributed by atoms with Crippen molar-refractivity contribution in [2.45, 2.75) is 18.9 Å². The van der Waals surface area contributed by atoms with Gasteiger partial charge in [0.15, 0.2) is 0 Å². The van der Waals surface area contributed by atoms with E-state index < -0.39 is 16.6 Å². The smallest absolute Gasteiger partial charge is 0.270 e. The molecule has 1 aromatic rings. The van der Waals surface area contributed by atoms with Gasteiger partial charge in [-0.15, -0.1) is 0 Å². The number of halogens is 1. The van der Waals surface area contributed by atoms with Crippen molar-refractivity contribution >= 4 is 11.6 Å². The molecule has 0 saturated heterocycles. The summed E-state index contributed by atoms with van der Waals surface area (Å²) in [6.07, 6.45) is 1.73. The van der Waals surface area contributed by atoms with Crippen LogP contribution in [-0.2, 0) is 4.74 Å². The predicted octanol–water partition coefficient (Wildman–Crippen LogP) is 1.98. The average molecular weight is 282 g/mol. The highest BCUT2D eigenvalue weighted by Crippen LogP contribution is 2.29. The van der Waals surface area contributed by atoms with Crippen LogP contribution in [0, 0.1) is 15.9 Å². The van der Waals surface area contributed by atoms with E-state index in [1.807, 2.05) is 0 Å². The van der Waals surface area contributed by atoms with Crippen molar-refractivity contribution in [1.82, 2.24) is 4.90 Å². The number of ether oxygens (including phenoxy) is 1. The maximum Gasteiger partial charge on any atom is 0.270 e. The van der Waals surface area contributed by atoms with Gasteiger partial charge in [-0.05, 0) is 18.9 Å². The fraction of sp³-hybridized carbons (Fsp3) is 0.462. The molecule has 0 spiro atoms. The van der Waals surface area contributed by atoms with Crippen LogP contribution in [0.25, 0.3) is 0 Å². The lowest BCUT2D eigenvalue weighted by Gasteiger charge is -2.22. The van der Waals surface area contributed by atoms with Crippen LogP contribution in [-0.4, -0.2) is 42.0 Å². The number of nitro benzene ring substituents is 1. The first-order valence-electron chi connectivity index (χ1n) is 6.28. The van der Waals surface area contributed by atoms with E-state index >= 15 is 0 Å². The number of nitro groups is 1. The van der Waals surface area contributed by atoms with E-state index in [0.29, 0.717) is 13.2 Å². The summed E-state index contributed by atoms with van der Waals surface area (Å²) in [6.45, 7) is 0.695. The molecule has 0 atom stereocenters. The van der Waals surface area contributed by atoms with Crippen molar-refractivity contribution in [2.75, 3.05) is 20.3 Å². The molecule has 1 fully saturated rings. The third-order valence-electron chi connectivity index (χ3n) is 3.18. The van der Waals surface area contributed by atoms with Crippen molar-refractivity contribution < 1.29 is 18.8 Å². The second-order valence-electron chi connectivity index (χ2n) is 4.64. The second kappa shape index (κ2) is 5.96. The summed E-state index contributed by atoms with van der Waals surface area (Å²) in [4.78, 5) is 23.9. The SMILES string of the molecule is COCCN(C(=O)c1cc([N+](=O)[O-])ccc1F)C1CC1. The van der Waals surface area contributed by atoms with Gasteiger partial charge >= 0.3 is 0 Å². The highest BCUT2D eigenvalue weighted by Gasteiger charge is 2.34. The van der Waals surface area contributed by atoms with Crippen LogP contribution in [0.15, 0.2) is 18.2 Å². The van der Waals surface area contributed by atoms with Gasteiger partial charge in [0, 0.05) is 31.8 Å². The van der Waals surface area contributed by atoms with Crippen LogP contribution in [0.4, 0.5) is 10.1 Å². The molecule has 1 amide bonds. The summed E-state index contributed by atoms with van der Waals surface area (Å²) in [7, 11) is 1.52. The summed E-state index contributed by atoms with van der Waals surface area (Å²) in [5, 5.41) is 10.7. The number of carbonyl (C=O) groups excluding carboxylic acids is 1. The third-order valence-corrected chi connectivity index (χ3v) is 3.18. The normalized spacial score (nSPS) is 14.1. The molecular formula is C13H15FN2O4. The first-order valence-corrected chi connectivity index (χ1v) is 6.28. The van der Waals surface area contributed by atoms with Crippen LogP contribution < -0.4 is 0 Å². The Labute approximate surface area is 115 Å². The van der Waals surface area contributed by atoms with Crippen molar-refractivity contribution in [2.24, 2.45) is 0 Å². The van der Waals surface area contributed by atoms with Gasteiger partial charge in [-0.1, -0.05) is 0 Å². The number of rotatable bonds is 6. The zero-order valence-electron chi connectivity index (χ0n) is 11.0. The number of methoxy groups -OCH3 is 1. The molecular weight excluding hydrogens is 267 g/mol. The lowest BCUT2D eigenvalue weighted by molar-refractivity contribution is -0.384. The number of hydrogen-bond acceptors (Lipinski definition) is 4. The predicted molar refractivity (Wildman–Crippen MR) is 69.0 cm³/mol. The van der Waals surface area contributed by atoms with E-state index in [0.717, 1.165) is 31.0 Å². The maximum absolute atomic E-state index is 13.7. The fourth-order valence-corrected chi connectivity index (χ4v) is 1.97. The zero-order valence-corrected chi connectivity index (χ0v) is 11.0. The molecule has 1 aliphatic rings. The molecule has 0 N–H and O–H groups in total. The summed E-state index contributed by atoms with van der Waals surface area (Å²) in [5.74, 6) is -1.27. The Kier molecular flexibility index (Phi) is 4.29. The van der Waals surface area contributed by atoms with E-state index in [1.54, 1.807) is 0 Å². The standard InChI is InChI=1S/C13H15FN2O4/c1-20-7-6-15(9-2-3-9)13(17)11-8-10(16(18)19)4-5-12(11)14/h4-5,8-9H,2-3,6-7H2,1H3. The van der Waals surface area contributed by atoms with E-state index in [1.165, 1.54) is 12.0 Å². The Bertz CT molecular complexity index is 531. The molecule has 1 aromatic carbocycles. The molecule has 0 unspecified atom stereocenters. The lowest BCUT2D eigenvalue weighted by atomic mass is 10.1. The molecule has 1 saturated carbocycles. The summed E-state index contributed by atoms with van der Waals surface area (Å²) < 4.78 is 18.7. The highest BCUT2D eigenvalue weighted by atomic mass is 19.1. The Morgan fingerprint density at radius 3 is 2.80 bits per heavy atom. The second-order valence-corrected chi connectivity index (χ2v) is 4.64. The van der Waals surface area contributed by atoms with Gasteiger partial charge in [-0.25, -0.2) is 4.39 Å². The third kappa shape index (κ3) is 3.11. The lowest BCUT2D eigenvalue weighted by Crippen LogP contribution is -2.36. The summed E-state index contributed by atoms with van der Waals surface area (Å²) in [6, 6.07) is 3.06. The largest absolute Gasteiger partial charge is 0.383 e. The van der Waals surface area contributed by atoms with Crippen LogP contribution in [0.2, 0.25) is 0 Å².